The monoisotopic (exact) mass is 342 g/mol. The quantitative estimate of drug-likeness (QED) is 0.537. The van der Waals surface area contributed by atoms with Crippen LogP contribution in [0.25, 0.3) is 0 Å². The third kappa shape index (κ3) is 6.05. The van der Waals surface area contributed by atoms with E-state index in [1.807, 2.05) is 0 Å². The molecule has 0 N–H and O–H groups in total. The zero-order valence-electron chi connectivity index (χ0n) is 15.1. The summed E-state index contributed by atoms with van der Waals surface area (Å²) in [6, 6.07) is 0. The Kier molecular flexibility index (Phi) is 6.68. The second-order valence-corrected chi connectivity index (χ2v) is 6.92. The summed E-state index contributed by atoms with van der Waals surface area (Å²) in [5.74, 6) is -2.43. The van der Waals surface area contributed by atoms with E-state index in [1.165, 1.54) is 12.2 Å². The predicted molar refractivity (Wildman–Crippen MR) is 85.0 cm³/mol. The van der Waals surface area contributed by atoms with E-state index in [2.05, 4.69) is 0 Å². The third-order valence-electron chi connectivity index (χ3n) is 3.11. The van der Waals surface area contributed by atoms with Gasteiger partial charge in [0.15, 0.2) is 18.5 Å². The highest BCUT2D eigenvalue weighted by Crippen LogP contribution is 2.29. The van der Waals surface area contributed by atoms with Gasteiger partial charge < -0.3 is 18.9 Å². The Bertz CT molecular complexity index is 514. The lowest BCUT2D eigenvalue weighted by Gasteiger charge is -2.18. The van der Waals surface area contributed by atoms with Gasteiger partial charge in [-0.2, -0.15) is 0 Å². The van der Waals surface area contributed by atoms with Gasteiger partial charge in [-0.15, -0.1) is 0 Å². The molecule has 0 aromatic rings. The summed E-state index contributed by atoms with van der Waals surface area (Å²) in [6.07, 6.45) is 0.894. The molecule has 1 heterocycles. The van der Waals surface area contributed by atoms with E-state index in [0.717, 1.165) is 0 Å². The molecule has 1 aliphatic heterocycles. The Morgan fingerprint density at radius 3 is 2.29 bits per heavy atom. The van der Waals surface area contributed by atoms with Crippen molar-refractivity contribution in [3.8, 4) is 0 Å². The molecule has 136 valence electrons. The van der Waals surface area contributed by atoms with Gasteiger partial charge in [-0.05, 0) is 47.6 Å². The Morgan fingerprint density at radius 2 is 1.75 bits per heavy atom. The van der Waals surface area contributed by atoms with Gasteiger partial charge in [0.1, 0.15) is 6.10 Å². The molecule has 0 spiro atoms. The van der Waals surface area contributed by atoms with Crippen molar-refractivity contribution >= 4 is 17.7 Å². The number of carbonyl (C=O) groups is 3. The van der Waals surface area contributed by atoms with Gasteiger partial charge >= 0.3 is 11.9 Å². The van der Waals surface area contributed by atoms with Crippen LogP contribution in [0.15, 0.2) is 12.2 Å². The van der Waals surface area contributed by atoms with Crippen LogP contribution in [0.5, 0.6) is 0 Å². The molecule has 24 heavy (non-hydrogen) atoms. The van der Waals surface area contributed by atoms with Gasteiger partial charge in [-0.25, -0.2) is 4.79 Å². The molecule has 1 saturated heterocycles. The van der Waals surface area contributed by atoms with Crippen LogP contribution in [0.1, 0.15) is 41.5 Å². The molecule has 0 saturated carbocycles. The van der Waals surface area contributed by atoms with E-state index < -0.39 is 47.7 Å². The van der Waals surface area contributed by atoms with E-state index in [-0.39, 0.29) is 6.61 Å². The summed E-state index contributed by atoms with van der Waals surface area (Å²) in [4.78, 5) is 35.5. The summed E-state index contributed by atoms with van der Waals surface area (Å²) < 4.78 is 21.0. The second kappa shape index (κ2) is 7.90. The summed E-state index contributed by atoms with van der Waals surface area (Å²) in [5, 5.41) is 0. The number of hydrogen-bond donors (Lipinski definition) is 0. The highest BCUT2D eigenvalue weighted by Gasteiger charge is 2.44. The zero-order chi connectivity index (χ0) is 18.5. The fourth-order valence-corrected chi connectivity index (χ4v) is 1.98. The lowest BCUT2D eigenvalue weighted by Crippen LogP contribution is -2.35. The molecule has 0 amide bonds. The lowest BCUT2D eigenvalue weighted by atomic mass is 9.97. The first kappa shape index (κ1) is 20.3. The van der Waals surface area contributed by atoms with Gasteiger partial charge in [0.2, 0.25) is 5.78 Å². The van der Waals surface area contributed by atoms with Crippen LogP contribution in [0.4, 0.5) is 0 Å². The van der Waals surface area contributed by atoms with Crippen LogP contribution >= 0.6 is 0 Å². The average Bonchev–Trinajstić information content (AvgIpc) is 2.76. The fraction of sp³-hybridized carbons (Fsp3) is 0.706. The number of ketones is 1. The van der Waals surface area contributed by atoms with Gasteiger partial charge in [0.05, 0.1) is 12.0 Å². The molecule has 1 fully saturated rings. The molecule has 0 aromatic heterocycles. The second-order valence-electron chi connectivity index (χ2n) is 6.92. The molecule has 2 atom stereocenters. The van der Waals surface area contributed by atoms with E-state index in [0.29, 0.717) is 0 Å². The molecule has 0 unspecified atom stereocenters. The molecule has 0 aromatic carbocycles. The average molecular weight is 342 g/mol. The minimum absolute atomic E-state index is 0.252. The number of hydrogen-bond acceptors (Lipinski definition) is 7. The van der Waals surface area contributed by atoms with Crippen molar-refractivity contribution in [3.63, 3.8) is 0 Å². The predicted octanol–water partition coefficient (Wildman–Crippen LogP) is 1.78. The maximum absolute atomic E-state index is 12.3. The van der Waals surface area contributed by atoms with Crippen molar-refractivity contribution in [2.24, 2.45) is 5.41 Å². The fourth-order valence-electron chi connectivity index (χ4n) is 1.98. The van der Waals surface area contributed by atoms with Crippen LogP contribution in [0, 0.1) is 5.41 Å². The zero-order valence-corrected chi connectivity index (χ0v) is 15.1. The highest BCUT2D eigenvalue weighted by molar-refractivity contribution is 5.88. The van der Waals surface area contributed by atoms with Crippen LogP contribution in [0.2, 0.25) is 0 Å². The van der Waals surface area contributed by atoms with E-state index in [9.17, 15) is 14.4 Å². The van der Waals surface area contributed by atoms with E-state index in [4.69, 9.17) is 18.9 Å². The summed E-state index contributed by atoms with van der Waals surface area (Å²) in [6.45, 7) is 9.94. The molecular formula is C17H26O7. The number of rotatable bonds is 6. The molecular weight excluding hydrogens is 316 g/mol. The number of ether oxygens (including phenoxy) is 4. The molecule has 7 heteroatoms. The first-order valence-electron chi connectivity index (χ1n) is 7.87. The van der Waals surface area contributed by atoms with E-state index >= 15 is 0 Å². The maximum Gasteiger partial charge on any atom is 0.330 e. The van der Waals surface area contributed by atoms with Gasteiger partial charge in [0, 0.05) is 6.08 Å². The summed E-state index contributed by atoms with van der Waals surface area (Å²) >= 11 is 0. The van der Waals surface area contributed by atoms with Crippen LogP contribution < -0.4 is 0 Å². The van der Waals surface area contributed by atoms with Crippen LogP contribution in [-0.4, -0.2) is 48.9 Å². The normalized spacial score (nSPS) is 23.2. The molecule has 0 radical (unpaired) electrons. The third-order valence-corrected chi connectivity index (χ3v) is 3.11. The number of carbonyl (C=O) groups excluding carboxylic acids is 3. The topological polar surface area (TPSA) is 88.1 Å². The van der Waals surface area contributed by atoms with Gasteiger partial charge in [0.25, 0.3) is 0 Å². The highest BCUT2D eigenvalue weighted by atomic mass is 16.8. The minimum Gasteiger partial charge on any atom is -0.463 e. The first-order valence-corrected chi connectivity index (χ1v) is 7.87. The summed E-state index contributed by atoms with van der Waals surface area (Å²) in [5.41, 5.74) is -0.699. The van der Waals surface area contributed by atoms with Crippen molar-refractivity contribution in [2.75, 3.05) is 13.2 Å². The largest absolute Gasteiger partial charge is 0.463 e. The standard InChI is InChI=1S/C17H26O7/c1-7-21-13(19)9-8-12-14(24-17(5,6)23-12)11(18)10-22-15(20)16(2,3)4/h8-9,12,14H,7,10H2,1-6H3/b9-8-/t12-,14+/m0/s1. The Morgan fingerprint density at radius 1 is 1.12 bits per heavy atom. The first-order chi connectivity index (χ1) is 11.0. The minimum atomic E-state index is -0.988. The van der Waals surface area contributed by atoms with Gasteiger partial charge in [-0.3, -0.25) is 9.59 Å². The molecule has 0 aliphatic carbocycles. The number of esters is 2. The maximum atomic E-state index is 12.3. The van der Waals surface area contributed by atoms with Crippen LogP contribution in [0.3, 0.4) is 0 Å². The van der Waals surface area contributed by atoms with Crippen molar-refractivity contribution in [1.82, 2.24) is 0 Å². The van der Waals surface area contributed by atoms with Crippen molar-refractivity contribution in [2.45, 2.75) is 59.5 Å². The Balaban J connectivity index is 2.73. The Labute approximate surface area is 142 Å². The van der Waals surface area contributed by atoms with Crippen molar-refractivity contribution in [3.05, 3.63) is 12.2 Å². The van der Waals surface area contributed by atoms with Crippen molar-refractivity contribution in [1.29, 1.82) is 0 Å². The Hall–Kier alpha value is -1.73. The molecule has 7 nitrogen and oxygen atoms in total. The van der Waals surface area contributed by atoms with Gasteiger partial charge in [-0.1, -0.05) is 0 Å². The molecule has 1 aliphatic rings. The van der Waals surface area contributed by atoms with E-state index in [1.54, 1.807) is 41.5 Å². The molecule has 0 bridgehead atoms. The SMILES string of the molecule is CCOC(=O)/C=C\[C@@H]1OC(C)(C)O[C@@H]1C(=O)COC(=O)C(C)(C)C. The summed E-state index contributed by atoms with van der Waals surface area (Å²) in [7, 11) is 0. The van der Waals surface area contributed by atoms with Crippen LogP contribution in [-0.2, 0) is 33.3 Å². The smallest absolute Gasteiger partial charge is 0.330 e. The van der Waals surface area contributed by atoms with Crippen molar-refractivity contribution < 1.29 is 33.3 Å². The number of Topliss-reactive ketones (excluding diaryl/α,β-unsaturated/α-hetero) is 1. The lowest BCUT2D eigenvalue weighted by molar-refractivity contribution is -0.163. The molecule has 1 rings (SSSR count).